The van der Waals surface area contributed by atoms with E-state index in [1.54, 1.807) is 0 Å². The monoisotopic (exact) mass is 382 g/mol. The van der Waals surface area contributed by atoms with Gasteiger partial charge in [-0.15, -0.1) is 0 Å². The van der Waals surface area contributed by atoms with Crippen LogP contribution in [-0.4, -0.2) is 32.6 Å². The van der Waals surface area contributed by atoms with Crippen molar-refractivity contribution in [3.8, 4) is 0 Å². The Morgan fingerprint density at radius 3 is 2.25 bits per heavy atom. The first-order valence-electron chi connectivity index (χ1n) is 9.67. The average Bonchev–Trinajstić information content (AvgIpc) is 2.71. The van der Waals surface area contributed by atoms with Gasteiger partial charge in [-0.1, -0.05) is 62.7 Å². The van der Waals surface area contributed by atoms with E-state index in [4.69, 9.17) is 4.74 Å². The highest BCUT2D eigenvalue weighted by atomic mass is 16.5. The zero-order valence-corrected chi connectivity index (χ0v) is 17.1. The summed E-state index contributed by atoms with van der Waals surface area (Å²) in [6, 6.07) is 17.5. The maximum atomic E-state index is 12.6. The second-order valence-corrected chi connectivity index (χ2v) is 7.22. The van der Waals surface area contributed by atoms with Gasteiger partial charge in [0.15, 0.2) is 6.61 Å². The molecule has 0 saturated carbocycles. The molecule has 0 spiro atoms. The first-order valence-corrected chi connectivity index (χ1v) is 9.67. The Balaban J connectivity index is 1.87. The van der Waals surface area contributed by atoms with Crippen molar-refractivity contribution in [1.29, 1.82) is 0 Å². The second kappa shape index (κ2) is 10.5. The molecule has 28 heavy (non-hydrogen) atoms. The minimum atomic E-state index is -0.363. The summed E-state index contributed by atoms with van der Waals surface area (Å²) in [4.78, 5) is 26.7. The van der Waals surface area contributed by atoms with E-state index in [1.807, 2.05) is 87.4 Å². The van der Waals surface area contributed by atoms with Crippen LogP contribution in [-0.2, 0) is 20.9 Å². The molecular formula is C23H30N2O3. The number of hydrogen-bond donors (Lipinski definition) is 1. The minimum Gasteiger partial charge on any atom is -0.455 e. The molecule has 1 N–H and O–H groups in total. The van der Waals surface area contributed by atoms with Gasteiger partial charge >= 0.3 is 5.97 Å². The zero-order valence-electron chi connectivity index (χ0n) is 17.1. The molecule has 0 aliphatic rings. The summed E-state index contributed by atoms with van der Waals surface area (Å²) in [5, 5.41) is 2.80. The third kappa shape index (κ3) is 6.12. The van der Waals surface area contributed by atoms with Crippen molar-refractivity contribution in [2.24, 2.45) is 5.92 Å². The molecule has 0 aromatic heterocycles. The van der Waals surface area contributed by atoms with E-state index in [-0.39, 0.29) is 30.3 Å². The van der Waals surface area contributed by atoms with Gasteiger partial charge in [0.1, 0.15) is 0 Å². The predicted molar refractivity (Wildman–Crippen MR) is 112 cm³/mol. The van der Waals surface area contributed by atoms with Crippen LogP contribution >= 0.6 is 0 Å². The molecule has 0 aliphatic carbocycles. The number of ether oxygens (including phenoxy) is 1. The fourth-order valence-corrected chi connectivity index (χ4v) is 2.98. The number of amides is 1. The third-order valence-electron chi connectivity index (χ3n) is 4.91. The molecule has 0 radical (unpaired) electrons. The summed E-state index contributed by atoms with van der Waals surface area (Å²) in [5.74, 6) is -0.891. The molecule has 2 rings (SSSR count). The molecule has 2 aromatic carbocycles. The maximum absolute atomic E-state index is 12.6. The first-order chi connectivity index (χ1) is 13.4. The van der Waals surface area contributed by atoms with Crippen LogP contribution in [0.1, 0.15) is 37.3 Å². The van der Waals surface area contributed by atoms with E-state index in [1.165, 1.54) is 0 Å². The lowest BCUT2D eigenvalue weighted by Crippen LogP contribution is -2.30. The van der Waals surface area contributed by atoms with Gasteiger partial charge in [0, 0.05) is 26.3 Å². The fraction of sp³-hybridized carbons (Fsp3) is 0.391. The lowest BCUT2D eigenvalue weighted by molar-refractivity contribution is -0.151. The fourth-order valence-electron chi connectivity index (χ4n) is 2.98. The number of carbonyl (C=O) groups is 2. The summed E-state index contributed by atoms with van der Waals surface area (Å²) in [7, 11) is 3.96. The third-order valence-corrected chi connectivity index (χ3v) is 4.91. The van der Waals surface area contributed by atoms with Gasteiger partial charge in [-0.2, -0.15) is 0 Å². The molecular weight excluding hydrogens is 352 g/mol. The Bertz CT molecular complexity index is 757. The summed E-state index contributed by atoms with van der Waals surface area (Å²) in [5.41, 5.74) is 3.01. The number of nitrogens with one attached hydrogen (secondary N) is 1. The molecule has 0 saturated heterocycles. The molecule has 0 aliphatic heterocycles. The number of carbonyl (C=O) groups excluding carboxylic acids is 2. The van der Waals surface area contributed by atoms with Crippen LogP contribution in [0.5, 0.6) is 0 Å². The normalized spacial score (nSPS) is 12.7. The predicted octanol–water partition coefficient (Wildman–Crippen LogP) is 3.74. The van der Waals surface area contributed by atoms with Crippen molar-refractivity contribution in [2.45, 2.75) is 32.7 Å². The maximum Gasteiger partial charge on any atom is 0.314 e. The lowest BCUT2D eigenvalue weighted by Gasteiger charge is -2.21. The summed E-state index contributed by atoms with van der Waals surface area (Å²) >= 11 is 0. The van der Waals surface area contributed by atoms with Crippen LogP contribution in [0.15, 0.2) is 54.6 Å². The van der Waals surface area contributed by atoms with E-state index >= 15 is 0 Å². The quantitative estimate of drug-likeness (QED) is 0.671. The highest BCUT2D eigenvalue weighted by molar-refractivity contribution is 5.83. The standard InChI is InChI=1S/C23H30N2O3/c1-5-17(2)22(19-9-7-6-8-10-19)23(27)28-16-21(26)24-15-18-11-13-20(14-12-18)25(3)4/h6-14,17,22H,5,15-16H2,1-4H3,(H,24,26)/t17-,22-/m1/s1. The number of nitrogens with zero attached hydrogens (tertiary/aromatic N) is 1. The molecule has 5 nitrogen and oxygen atoms in total. The Kier molecular flexibility index (Phi) is 8.05. The van der Waals surface area contributed by atoms with Gasteiger partial charge < -0.3 is 15.0 Å². The van der Waals surface area contributed by atoms with Gasteiger partial charge in [0.25, 0.3) is 5.91 Å². The van der Waals surface area contributed by atoms with Crippen molar-refractivity contribution >= 4 is 17.6 Å². The Labute approximate surface area is 167 Å². The molecule has 2 aromatic rings. The van der Waals surface area contributed by atoms with Gasteiger partial charge in [0.05, 0.1) is 5.92 Å². The highest BCUT2D eigenvalue weighted by Crippen LogP contribution is 2.28. The summed E-state index contributed by atoms with van der Waals surface area (Å²) < 4.78 is 5.32. The number of anilines is 1. The average molecular weight is 383 g/mol. The van der Waals surface area contributed by atoms with Gasteiger partial charge in [-0.3, -0.25) is 9.59 Å². The molecule has 150 valence electrons. The number of hydrogen-bond acceptors (Lipinski definition) is 4. The molecule has 5 heteroatoms. The zero-order chi connectivity index (χ0) is 20.5. The van der Waals surface area contributed by atoms with Crippen LogP contribution in [0.25, 0.3) is 0 Å². The smallest absolute Gasteiger partial charge is 0.314 e. The first kappa shape index (κ1) is 21.5. The second-order valence-electron chi connectivity index (χ2n) is 7.22. The molecule has 1 amide bonds. The Morgan fingerprint density at radius 1 is 1.04 bits per heavy atom. The van der Waals surface area contributed by atoms with Crippen LogP contribution in [0.3, 0.4) is 0 Å². The lowest BCUT2D eigenvalue weighted by atomic mass is 9.86. The van der Waals surface area contributed by atoms with E-state index in [9.17, 15) is 9.59 Å². The SMILES string of the molecule is CC[C@@H](C)[C@@H](C(=O)OCC(=O)NCc1ccc(N(C)C)cc1)c1ccccc1. The van der Waals surface area contributed by atoms with Crippen LogP contribution < -0.4 is 10.2 Å². The van der Waals surface area contributed by atoms with Crippen LogP contribution in [0.4, 0.5) is 5.69 Å². The van der Waals surface area contributed by atoms with E-state index in [0.717, 1.165) is 23.2 Å². The number of benzene rings is 2. The van der Waals surface area contributed by atoms with Crippen molar-refractivity contribution in [3.63, 3.8) is 0 Å². The topological polar surface area (TPSA) is 58.6 Å². The summed E-state index contributed by atoms with van der Waals surface area (Å²) in [6.07, 6.45) is 0.851. The van der Waals surface area contributed by atoms with E-state index in [0.29, 0.717) is 6.54 Å². The van der Waals surface area contributed by atoms with Gasteiger partial charge in [-0.05, 0) is 29.2 Å². The molecule has 0 fully saturated rings. The van der Waals surface area contributed by atoms with Crippen molar-refractivity contribution in [2.75, 3.05) is 25.6 Å². The summed E-state index contributed by atoms with van der Waals surface area (Å²) in [6.45, 7) is 4.20. The number of esters is 1. The van der Waals surface area contributed by atoms with Crippen molar-refractivity contribution in [3.05, 3.63) is 65.7 Å². The van der Waals surface area contributed by atoms with Crippen molar-refractivity contribution in [1.82, 2.24) is 5.32 Å². The van der Waals surface area contributed by atoms with Crippen molar-refractivity contribution < 1.29 is 14.3 Å². The highest BCUT2D eigenvalue weighted by Gasteiger charge is 2.27. The van der Waals surface area contributed by atoms with Gasteiger partial charge in [-0.25, -0.2) is 0 Å². The minimum absolute atomic E-state index is 0.133. The molecule has 0 bridgehead atoms. The van der Waals surface area contributed by atoms with Gasteiger partial charge in [0.2, 0.25) is 0 Å². The largest absolute Gasteiger partial charge is 0.455 e. The molecule has 2 atom stereocenters. The Hall–Kier alpha value is -2.82. The molecule has 0 heterocycles. The number of rotatable bonds is 9. The van der Waals surface area contributed by atoms with Crippen LogP contribution in [0, 0.1) is 5.92 Å². The van der Waals surface area contributed by atoms with E-state index in [2.05, 4.69) is 5.32 Å². The van der Waals surface area contributed by atoms with E-state index < -0.39 is 0 Å². The van der Waals surface area contributed by atoms with Crippen LogP contribution in [0.2, 0.25) is 0 Å². The molecule has 0 unspecified atom stereocenters. The Morgan fingerprint density at radius 2 is 1.68 bits per heavy atom.